The molecule has 1 aromatic carbocycles. The number of hydrogen-bond donors (Lipinski definition) is 1. The summed E-state index contributed by atoms with van der Waals surface area (Å²) in [6, 6.07) is 3.89. The maximum Gasteiger partial charge on any atom is 0.130 e. The van der Waals surface area contributed by atoms with Crippen LogP contribution >= 0.6 is 15.9 Å². The Labute approximate surface area is 103 Å². The average molecular weight is 288 g/mol. The third-order valence-corrected chi connectivity index (χ3v) is 3.62. The third kappa shape index (κ3) is 2.44. The van der Waals surface area contributed by atoms with Crippen LogP contribution in [0.3, 0.4) is 0 Å². The molecule has 4 heteroatoms. The fourth-order valence-electron chi connectivity index (χ4n) is 2.08. The molecular formula is C12H15BrFNO. The number of benzene rings is 1. The van der Waals surface area contributed by atoms with E-state index in [9.17, 15) is 4.39 Å². The summed E-state index contributed by atoms with van der Waals surface area (Å²) in [6.45, 7) is 1.31. The molecule has 1 N–H and O–H groups in total. The zero-order valence-corrected chi connectivity index (χ0v) is 10.8. The average Bonchev–Trinajstić information content (AvgIpc) is 2.76. The number of methoxy groups -OCH3 is 1. The van der Waals surface area contributed by atoms with E-state index < -0.39 is 0 Å². The summed E-state index contributed by atoms with van der Waals surface area (Å²) in [5.41, 5.74) is 1.60. The van der Waals surface area contributed by atoms with Crippen LogP contribution in [0.5, 0.6) is 0 Å². The van der Waals surface area contributed by atoms with E-state index in [0.717, 1.165) is 29.4 Å². The van der Waals surface area contributed by atoms with E-state index >= 15 is 0 Å². The van der Waals surface area contributed by atoms with E-state index in [-0.39, 0.29) is 5.82 Å². The molecule has 1 fully saturated rings. The molecule has 88 valence electrons. The zero-order chi connectivity index (χ0) is 11.5. The number of nitrogens with one attached hydrogen (secondary N) is 1. The monoisotopic (exact) mass is 287 g/mol. The van der Waals surface area contributed by atoms with Crippen molar-refractivity contribution in [3.63, 3.8) is 0 Å². The number of hydrogen-bond acceptors (Lipinski definition) is 2. The molecule has 1 atom stereocenters. The standard InChI is InChI=1S/C12H15BrFNO/c1-16-7-9-10(13)5-8(6-11(9)14)12-3-2-4-15-12/h5-6,12,15H,2-4,7H2,1H3. The fraction of sp³-hybridized carbons (Fsp3) is 0.500. The highest BCUT2D eigenvalue weighted by atomic mass is 79.9. The molecule has 1 aliphatic rings. The predicted molar refractivity (Wildman–Crippen MR) is 64.8 cm³/mol. The smallest absolute Gasteiger partial charge is 0.130 e. The first-order valence-corrected chi connectivity index (χ1v) is 6.22. The Balaban J connectivity index is 2.28. The maximum absolute atomic E-state index is 13.8. The zero-order valence-electron chi connectivity index (χ0n) is 9.22. The molecule has 1 heterocycles. The summed E-state index contributed by atoms with van der Waals surface area (Å²) in [5, 5.41) is 3.36. The van der Waals surface area contributed by atoms with E-state index in [4.69, 9.17) is 4.74 Å². The van der Waals surface area contributed by atoms with Crippen LogP contribution in [0.2, 0.25) is 0 Å². The molecule has 1 saturated heterocycles. The van der Waals surface area contributed by atoms with Gasteiger partial charge in [-0.3, -0.25) is 0 Å². The lowest BCUT2D eigenvalue weighted by atomic mass is 10.0. The largest absolute Gasteiger partial charge is 0.380 e. The van der Waals surface area contributed by atoms with Gasteiger partial charge in [0, 0.05) is 23.2 Å². The van der Waals surface area contributed by atoms with Gasteiger partial charge in [0.15, 0.2) is 0 Å². The van der Waals surface area contributed by atoms with Crippen LogP contribution in [0.15, 0.2) is 16.6 Å². The first kappa shape index (κ1) is 12.0. The lowest BCUT2D eigenvalue weighted by molar-refractivity contribution is 0.181. The lowest BCUT2D eigenvalue weighted by Crippen LogP contribution is -2.13. The Kier molecular flexibility index (Phi) is 3.95. The summed E-state index contributed by atoms with van der Waals surface area (Å²) in [7, 11) is 1.57. The molecule has 0 aromatic heterocycles. The topological polar surface area (TPSA) is 21.3 Å². The van der Waals surface area contributed by atoms with E-state index in [0.29, 0.717) is 18.2 Å². The number of rotatable bonds is 3. The molecule has 0 spiro atoms. The molecule has 0 saturated carbocycles. The highest BCUT2D eigenvalue weighted by Gasteiger charge is 2.19. The van der Waals surface area contributed by atoms with Crippen molar-refractivity contribution in [3.8, 4) is 0 Å². The van der Waals surface area contributed by atoms with Crippen LogP contribution in [0.25, 0.3) is 0 Å². The molecule has 1 unspecified atom stereocenters. The molecule has 0 aliphatic carbocycles. The fourth-order valence-corrected chi connectivity index (χ4v) is 2.64. The first-order chi connectivity index (χ1) is 7.72. The molecule has 0 bridgehead atoms. The predicted octanol–water partition coefficient (Wildman–Crippen LogP) is 3.16. The van der Waals surface area contributed by atoms with E-state index in [1.807, 2.05) is 6.07 Å². The Hall–Kier alpha value is -0.450. The number of halogens is 2. The summed E-state index contributed by atoms with van der Waals surface area (Å²) in [4.78, 5) is 0. The van der Waals surface area contributed by atoms with Crippen LogP contribution in [0, 0.1) is 5.82 Å². The van der Waals surface area contributed by atoms with E-state index in [1.54, 1.807) is 13.2 Å². The minimum absolute atomic E-state index is 0.195. The molecule has 1 aliphatic heterocycles. The Morgan fingerprint density at radius 1 is 1.56 bits per heavy atom. The van der Waals surface area contributed by atoms with Gasteiger partial charge in [-0.15, -0.1) is 0 Å². The van der Waals surface area contributed by atoms with Crippen LogP contribution in [-0.4, -0.2) is 13.7 Å². The van der Waals surface area contributed by atoms with Gasteiger partial charge in [-0.25, -0.2) is 4.39 Å². The lowest BCUT2D eigenvalue weighted by Gasteiger charge is -2.13. The van der Waals surface area contributed by atoms with Gasteiger partial charge >= 0.3 is 0 Å². The molecule has 1 aromatic rings. The van der Waals surface area contributed by atoms with Gasteiger partial charge in [0.05, 0.1) is 6.61 Å². The van der Waals surface area contributed by atoms with Gasteiger partial charge in [0.25, 0.3) is 0 Å². The SMILES string of the molecule is COCc1c(F)cc(C2CCCN2)cc1Br. The number of ether oxygens (including phenoxy) is 1. The quantitative estimate of drug-likeness (QED) is 0.922. The van der Waals surface area contributed by atoms with Gasteiger partial charge in [0.1, 0.15) is 5.82 Å². The van der Waals surface area contributed by atoms with Gasteiger partial charge < -0.3 is 10.1 Å². The minimum atomic E-state index is -0.195. The third-order valence-electron chi connectivity index (χ3n) is 2.91. The first-order valence-electron chi connectivity index (χ1n) is 5.42. The molecular weight excluding hydrogens is 273 g/mol. The van der Waals surface area contributed by atoms with Crippen molar-refractivity contribution in [2.45, 2.75) is 25.5 Å². The second-order valence-corrected chi connectivity index (χ2v) is 4.90. The molecule has 0 radical (unpaired) electrons. The van der Waals surface area contributed by atoms with Gasteiger partial charge in [-0.05, 0) is 37.1 Å². The summed E-state index contributed by atoms with van der Waals surface area (Å²) < 4.78 is 19.6. The second-order valence-electron chi connectivity index (χ2n) is 4.05. The van der Waals surface area contributed by atoms with Crippen molar-refractivity contribution in [1.29, 1.82) is 0 Å². The van der Waals surface area contributed by atoms with Gasteiger partial charge in [-0.1, -0.05) is 15.9 Å². The molecule has 2 rings (SSSR count). The van der Waals surface area contributed by atoms with Crippen molar-refractivity contribution in [2.24, 2.45) is 0 Å². The summed E-state index contributed by atoms with van der Waals surface area (Å²) >= 11 is 3.40. The summed E-state index contributed by atoms with van der Waals surface area (Å²) in [6.07, 6.45) is 2.24. The van der Waals surface area contributed by atoms with Crippen molar-refractivity contribution in [2.75, 3.05) is 13.7 Å². The maximum atomic E-state index is 13.8. The second kappa shape index (κ2) is 5.25. The molecule has 2 nitrogen and oxygen atoms in total. The van der Waals surface area contributed by atoms with E-state index in [1.165, 1.54) is 0 Å². The summed E-state index contributed by atoms with van der Waals surface area (Å²) in [5.74, 6) is -0.195. The van der Waals surface area contributed by atoms with Crippen molar-refractivity contribution < 1.29 is 9.13 Å². The van der Waals surface area contributed by atoms with Crippen LogP contribution in [0.4, 0.5) is 4.39 Å². The van der Waals surface area contributed by atoms with Crippen molar-refractivity contribution in [1.82, 2.24) is 5.32 Å². The van der Waals surface area contributed by atoms with Crippen molar-refractivity contribution >= 4 is 15.9 Å². The molecule has 0 amide bonds. The normalized spacial score (nSPS) is 20.3. The van der Waals surface area contributed by atoms with Crippen molar-refractivity contribution in [3.05, 3.63) is 33.5 Å². The van der Waals surface area contributed by atoms with E-state index in [2.05, 4.69) is 21.2 Å². The van der Waals surface area contributed by atoms with Crippen LogP contribution < -0.4 is 5.32 Å². The Morgan fingerprint density at radius 3 is 2.94 bits per heavy atom. The van der Waals surface area contributed by atoms with Gasteiger partial charge in [-0.2, -0.15) is 0 Å². The highest BCUT2D eigenvalue weighted by molar-refractivity contribution is 9.10. The Bertz CT molecular complexity index is 354. The van der Waals surface area contributed by atoms with Crippen LogP contribution in [0.1, 0.15) is 30.0 Å². The van der Waals surface area contributed by atoms with Gasteiger partial charge in [0.2, 0.25) is 0 Å². The highest BCUT2D eigenvalue weighted by Crippen LogP contribution is 2.29. The Morgan fingerprint density at radius 2 is 2.38 bits per heavy atom. The minimum Gasteiger partial charge on any atom is -0.380 e. The van der Waals surface area contributed by atoms with Crippen LogP contribution in [-0.2, 0) is 11.3 Å². The molecule has 16 heavy (non-hydrogen) atoms.